The van der Waals surface area contributed by atoms with E-state index in [2.05, 4.69) is 5.32 Å². The minimum absolute atomic E-state index is 0.271. The maximum atomic E-state index is 10.1. The van der Waals surface area contributed by atoms with Crippen molar-refractivity contribution in [3.05, 3.63) is 0 Å². The Balaban J connectivity index is 3.30. The molecule has 0 amide bonds. The zero-order valence-corrected chi connectivity index (χ0v) is 7.13. The first-order valence-electron chi connectivity index (χ1n) is 3.28. The monoisotopic (exact) mass is 183 g/mol. The normalized spacial score (nSPS) is 14.8. The standard InChI is InChI=1S/C5H13NO4S/c1-5(7)6-3-2-4-11(8,9)10/h5-7H,2-4H2,1H3,(H,8,9,10). The molecular formula is C5H13NO4S. The Bertz CT molecular complexity index is 187. The van der Waals surface area contributed by atoms with E-state index >= 15 is 0 Å². The number of aliphatic hydroxyl groups excluding tert-OH is 1. The highest BCUT2D eigenvalue weighted by Gasteiger charge is 2.03. The summed E-state index contributed by atoms with van der Waals surface area (Å²) in [5, 5.41) is 11.3. The quantitative estimate of drug-likeness (QED) is 0.295. The van der Waals surface area contributed by atoms with E-state index in [1.165, 1.54) is 6.92 Å². The van der Waals surface area contributed by atoms with Gasteiger partial charge in [0, 0.05) is 0 Å². The lowest BCUT2D eigenvalue weighted by Crippen LogP contribution is -2.27. The molecule has 0 saturated heterocycles. The van der Waals surface area contributed by atoms with Gasteiger partial charge in [0.1, 0.15) is 6.23 Å². The van der Waals surface area contributed by atoms with Crippen molar-refractivity contribution in [2.75, 3.05) is 12.3 Å². The molecule has 6 heteroatoms. The first-order valence-corrected chi connectivity index (χ1v) is 4.89. The second-order valence-corrected chi connectivity index (χ2v) is 3.84. The van der Waals surface area contributed by atoms with Crippen LogP contribution in [0.15, 0.2) is 0 Å². The lowest BCUT2D eigenvalue weighted by Gasteiger charge is -2.05. The van der Waals surface area contributed by atoms with Crippen LogP contribution in [0.2, 0.25) is 0 Å². The van der Waals surface area contributed by atoms with Crippen LogP contribution in [0.5, 0.6) is 0 Å². The summed E-state index contributed by atoms with van der Waals surface area (Å²) in [7, 11) is -3.84. The Kier molecular flexibility index (Phi) is 4.58. The fourth-order valence-corrected chi connectivity index (χ4v) is 1.07. The van der Waals surface area contributed by atoms with Gasteiger partial charge in [-0.1, -0.05) is 0 Å². The SMILES string of the molecule is CC(O)NCCCS(=O)(=O)O. The summed E-state index contributed by atoms with van der Waals surface area (Å²) in [6.45, 7) is 1.91. The fraction of sp³-hybridized carbons (Fsp3) is 1.00. The molecule has 0 aromatic heterocycles. The molecule has 0 saturated carbocycles. The maximum absolute atomic E-state index is 10.1. The molecule has 1 atom stereocenters. The highest BCUT2D eigenvalue weighted by molar-refractivity contribution is 7.85. The minimum Gasteiger partial charge on any atom is -0.379 e. The van der Waals surface area contributed by atoms with Gasteiger partial charge in [0.05, 0.1) is 5.75 Å². The van der Waals surface area contributed by atoms with Crippen molar-refractivity contribution in [2.45, 2.75) is 19.6 Å². The Morgan fingerprint density at radius 1 is 1.55 bits per heavy atom. The third-order valence-corrected chi connectivity index (χ3v) is 1.82. The Hall–Kier alpha value is -0.170. The summed E-state index contributed by atoms with van der Waals surface area (Å²) in [5.41, 5.74) is 0. The molecule has 5 nitrogen and oxygen atoms in total. The average molecular weight is 183 g/mol. The van der Waals surface area contributed by atoms with E-state index in [9.17, 15) is 8.42 Å². The molecule has 0 spiro atoms. The molecule has 11 heavy (non-hydrogen) atoms. The van der Waals surface area contributed by atoms with E-state index in [1.54, 1.807) is 0 Å². The molecule has 0 radical (unpaired) electrons. The first kappa shape index (κ1) is 10.8. The Morgan fingerprint density at radius 2 is 2.09 bits per heavy atom. The van der Waals surface area contributed by atoms with Gasteiger partial charge in [0.25, 0.3) is 10.1 Å². The van der Waals surface area contributed by atoms with E-state index in [-0.39, 0.29) is 5.75 Å². The van der Waals surface area contributed by atoms with Crippen LogP contribution in [-0.4, -0.2) is 36.6 Å². The summed E-state index contributed by atoms with van der Waals surface area (Å²) in [5.74, 6) is -0.271. The van der Waals surface area contributed by atoms with Gasteiger partial charge in [0.2, 0.25) is 0 Å². The molecule has 0 aliphatic carbocycles. The summed E-state index contributed by atoms with van der Waals surface area (Å²) in [4.78, 5) is 0. The zero-order chi connectivity index (χ0) is 8.91. The van der Waals surface area contributed by atoms with Crippen molar-refractivity contribution in [1.29, 1.82) is 0 Å². The van der Waals surface area contributed by atoms with Gasteiger partial charge in [-0.2, -0.15) is 8.42 Å². The zero-order valence-electron chi connectivity index (χ0n) is 6.32. The average Bonchev–Trinajstić information content (AvgIpc) is 1.78. The fourth-order valence-electron chi connectivity index (χ4n) is 0.566. The van der Waals surface area contributed by atoms with Crippen molar-refractivity contribution in [3.8, 4) is 0 Å². The minimum atomic E-state index is -3.84. The summed E-state index contributed by atoms with van der Waals surface area (Å²) < 4.78 is 28.5. The van der Waals surface area contributed by atoms with E-state index in [4.69, 9.17) is 9.66 Å². The van der Waals surface area contributed by atoms with Gasteiger partial charge in [-0.25, -0.2) is 0 Å². The Morgan fingerprint density at radius 3 is 2.45 bits per heavy atom. The van der Waals surface area contributed by atoms with Crippen LogP contribution in [-0.2, 0) is 10.1 Å². The van der Waals surface area contributed by atoms with E-state index in [1.807, 2.05) is 0 Å². The highest BCUT2D eigenvalue weighted by Crippen LogP contribution is 1.86. The van der Waals surface area contributed by atoms with Crippen molar-refractivity contribution in [1.82, 2.24) is 5.32 Å². The predicted molar refractivity (Wildman–Crippen MR) is 40.7 cm³/mol. The molecule has 0 rings (SSSR count). The number of hydrogen-bond acceptors (Lipinski definition) is 4. The first-order chi connectivity index (χ1) is 4.92. The molecule has 0 fully saturated rings. The van der Waals surface area contributed by atoms with Gasteiger partial charge < -0.3 is 5.11 Å². The Labute approximate surface area is 66.2 Å². The predicted octanol–water partition coefficient (Wildman–Crippen LogP) is -0.808. The number of hydrogen-bond donors (Lipinski definition) is 3. The van der Waals surface area contributed by atoms with Crippen LogP contribution in [0.1, 0.15) is 13.3 Å². The van der Waals surface area contributed by atoms with Crippen molar-refractivity contribution in [3.63, 3.8) is 0 Å². The smallest absolute Gasteiger partial charge is 0.264 e. The van der Waals surface area contributed by atoms with Crippen molar-refractivity contribution < 1.29 is 18.1 Å². The van der Waals surface area contributed by atoms with Crippen LogP contribution in [0.4, 0.5) is 0 Å². The third kappa shape index (κ3) is 9.83. The van der Waals surface area contributed by atoms with Crippen LogP contribution in [0.3, 0.4) is 0 Å². The molecule has 68 valence electrons. The molecule has 0 aliphatic heterocycles. The van der Waals surface area contributed by atoms with Crippen LogP contribution >= 0.6 is 0 Å². The van der Waals surface area contributed by atoms with E-state index in [0.29, 0.717) is 13.0 Å². The molecule has 1 unspecified atom stereocenters. The van der Waals surface area contributed by atoms with E-state index in [0.717, 1.165) is 0 Å². The van der Waals surface area contributed by atoms with Gasteiger partial charge >= 0.3 is 0 Å². The number of nitrogens with one attached hydrogen (secondary N) is 1. The van der Waals surface area contributed by atoms with Gasteiger partial charge in [-0.3, -0.25) is 9.87 Å². The van der Waals surface area contributed by atoms with Crippen molar-refractivity contribution >= 4 is 10.1 Å². The molecule has 0 aromatic carbocycles. The molecular weight excluding hydrogens is 170 g/mol. The third-order valence-electron chi connectivity index (χ3n) is 1.02. The van der Waals surface area contributed by atoms with Gasteiger partial charge in [0.15, 0.2) is 0 Å². The summed E-state index contributed by atoms with van der Waals surface area (Å²) in [6, 6.07) is 0. The van der Waals surface area contributed by atoms with Crippen LogP contribution in [0.25, 0.3) is 0 Å². The van der Waals surface area contributed by atoms with Crippen molar-refractivity contribution in [2.24, 2.45) is 0 Å². The van der Waals surface area contributed by atoms with E-state index < -0.39 is 16.3 Å². The number of rotatable bonds is 5. The number of aliphatic hydroxyl groups is 1. The van der Waals surface area contributed by atoms with Gasteiger partial charge in [-0.15, -0.1) is 0 Å². The second kappa shape index (κ2) is 4.66. The largest absolute Gasteiger partial charge is 0.379 e. The molecule has 0 bridgehead atoms. The maximum Gasteiger partial charge on any atom is 0.264 e. The molecule has 3 N–H and O–H groups in total. The van der Waals surface area contributed by atoms with Gasteiger partial charge in [-0.05, 0) is 19.9 Å². The van der Waals surface area contributed by atoms with Crippen LogP contribution in [0, 0.1) is 0 Å². The lowest BCUT2D eigenvalue weighted by atomic mass is 10.4. The van der Waals surface area contributed by atoms with Crippen LogP contribution < -0.4 is 5.32 Å². The topological polar surface area (TPSA) is 86.6 Å². The molecule has 0 heterocycles. The molecule has 0 aliphatic rings. The highest BCUT2D eigenvalue weighted by atomic mass is 32.2. The summed E-state index contributed by atoms with van der Waals surface area (Å²) in [6.07, 6.45) is -0.347. The second-order valence-electron chi connectivity index (χ2n) is 2.27. The lowest BCUT2D eigenvalue weighted by molar-refractivity contribution is 0.157. The molecule has 0 aromatic rings. The summed E-state index contributed by atoms with van der Waals surface area (Å²) >= 11 is 0.